The number of amides is 1. The first kappa shape index (κ1) is 20.3. The molecule has 0 atom stereocenters. The van der Waals surface area contributed by atoms with E-state index < -0.39 is 20.9 Å². The minimum atomic E-state index is -3.63. The third-order valence-electron chi connectivity index (χ3n) is 4.53. The molecule has 0 aliphatic carbocycles. The molecule has 1 aromatic heterocycles. The molecule has 0 bridgehead atoms. The van der Waals surface area contributed by atoms with Gasteiger partial charge in [0.15, 0.2) is 5.13 Å². The summed E-state index contributed by atoms with van der Waals surface area (Å²) < 4.78 is 32.8. The van der Waals surface area contributed by atoms with E-state index in [0.29, 0.717) is 41.7 Å². The van der Waals surface area contributed by atoms with Gasteiger partial charge >= 0.3 is 0 Å². The number of carbonyl (C=O) groups is 1. The zero-order valence-corrected chi connectivity index (χ0v) is 17.1. The average molecular weight is 448 g/mol. The standard InChI is InChI=1S/C18H16N4O6S2/c23-17(12-1-3-13(4-2-12)22(24)25)20-18-19-15-6-5-14(11-16(15)29-18)30(26,27)21-7-9-28-10-8-21/h1-6,11H,7-10H2,(H,19,20,23). The highest BCUT2D eigenvalue weighted by Crippen LogP contribution is 2.29. The summed E-state index contributed by atoms with van der Waals surface area (Å²) in [4.78, 5) is 27.0. The molecule has 0 saturated carbocycles. The van der Waals surface area contributed by atoms with Crippen LogP contribution in [0.25, 0.3) is 10.2 Å². The number of anilines is 1. The molecule has 4 rings (SSSR count). The van der Waals surface area contributed by atoms with Gasteiger partial charge in [-0.1, -0.05) is 11.3 Å². The average Bonchev–Trinajstić information content (AvgIpc) is 3.15. The number of hydrogen-bond donors (Lipinski definition) is 1. The van der Waals surface area contributed by atoms with Crippen molar-refractivity contribution in [2.24, 2.45) is 0 Å². The van der Waals surface area contributed by atoms with Gasteiger partial charge in [-0.05, 0) is 30.3 Å². The summed E-state index contributed by atoms with van der Waals surface area (Å²) >= 11 is 1.15. The van der Waals surface area contributed by atoms with Crippen molar-refractivity contribution in [1.82, 2.24) is 9.29 Å². The molecule has 0 radical (unpaired) electrons. The molecule has 2 aromatic carbocycles. The number of thiazole rings is 1. The summed E-state index contributed by atoms with van der Waals surface area (Å²) in [7, 11) is -3.63. The van der Waals surface area contributed by atoms with E-state index >= 15 is 0 Å². The maximum Gasteiger partial charge on any atom is 0.269 e. The maximum absolute atomic E-state index is 12.8. The van der Waals surface area contributed by atoms with Crippen LogP contribution in [-0.4, -0.2) is 54.8 Å². The van der Waals surface area contributed by atoms with Crippen LogP contribution in [0.5, 0.6) is 0 Å². The highest BCUT2D eigenvalue weighted by atomic mass is 32.2. The monoisotopic (exact) mass is 448 g/mol. The first-order valence-corrected chi connectivity index (χ1v) is 11.1. The fraction of sp³-hybridized carbons (Fsp3) is 0.222. The predicted octanol–water partition coefficient (Wildman–Crippen LogP) is 2.48. The van der Waals surface area contributed by atoms with Crippen LogP contribution in [0, 0.1) is 10.1 Å². The summed E-state index contributed by atoms with van der Waals surface area (Å²) in [6.07, 6.45) is 0. The van der Waals surface area contributed by atoms with E-state index in [1.165, 1.54) is 34.6 Å². The summed E-state index contributed by atoms with van der Waals surface area (Å²) in [5, 5.41) is 13.7. The fourth-order valence-electron chi connectivity index (χ4n) is 2.96. The van der Waals surface area contributed by atoms with Crippen molar-refractivity contribution in [3.05, 3.63) is 58.1 Å². The Morgan fingerprint density at radius 1 is 1.17 bits per heavy atom. The second-order valence-electron chi connectivity index (χ2n) is 6.42. The Balaban J connectivity index is 1.55. The van der Waals surface area contributed by atoms with Crippen LogP contribution >= 0.6 is 11.3 Å². The van der Waals surface area contributed by atoms with Crippen LogP contribution in [0.2, 0.25) is 0 Å². The number of aromatic nitrogens is 1. The van der Waals surface area contributed by atoms with E-state index in [4.69, 9.17) is 4.74 Å². The minimum Gasteiger partial charge on any atom is -0.379 e. The summed E-state index contributed by atoms with van der Waals surface area (Å²) in [5.74, 6) is -0.467. The molecule has 156 valence electrons. The van der Waals surface area contributed by atoms with E-state index in [-0.39, 0.29) is 16.1 Å². The second kappa shape index (κ2) is 8.07. The molecule has 2 heterocycles. The Kier molecular flexibility index (Phi) is 5.47. The molecule has 1 aliphatic rings. The lowest BCUT2D eigenvalue weighted by Gasteiger charge is -2.25. The highest BCUT2D eigenvalue weighted by Gasteiger charge is 2.26. The molecule has 1 fully saturated rings. The van der Waals surface area contributed by atoms with Gasteiger partial charge in [-0.2, -0.15) is 4.31 Å². The summed E-state index contributed by atoms with van der Waals surface area (Å²) in [5.41, 5.74) is 0.691. The smallest absolute Gasteiger partial charge is 0.269 e. The molecule has 12 heteroatoms. The summed E-state index contributed by atoms with van der Waals surface area (Å²) in [6.45, 7) is 1.33. The van der Waals surface area contributed by atoms with E-state index in [1.54, 1.807) is 12.1 Å². The van der Waals surface area contributed by atoms with Gasteiger partial charge in [0, 0.05) is 30.8 Å². The molecular weight excluding hydrogens is 432 g/mol. The number of ether oxygens (including phenoxy) is 1. The molecule has 10 nitrogen and oxygen atoms in total. The first-order chi connectivity index (χ1) is 14.3. The van der Waals surface area contributed by atoms with Crippen LogP contribution in [0.4, 0.5) is 10.8 Å². The molecule has 1 saturated heterocycles. The van der Waals surface area contributed by atoms with Crippen LogP contribution < -0.4 is 5.32 Å². The van der Waals surface area contributed by atoms with Crippen LogP contribution in [0.1, 0.15) is 10.4 Å². The lowest BCUT2D eigenvalue weighted by molar-refractivity contribution is -0.384. The van der Waals surface area contributed by atoms with Gasteiger partial charge in [0.25, 0.3) is 11.6 Å². The third-order valence-corrected chi connectivity index (χ3v) is 7.36. The van der Waals surface area contributed by atoms with Crippen molar-refractivity contribution in [1.29, 1.82) is 0 Å². The molecule has 1 aliphatic heterocycles. The van der Waals surface area contributed by atoms with Gasteiger partial charge < -0.3 is 4.74 Å². The minimum absolute atomic E-state index is 0.111. The van der Waals surface area contributed by atoms with Crippen molar-refractivity contribution in [2.45, 2.75) is 4.90 Å². The molecule has 30 heavy (non-hydrogen) atoms. The lowest BCUT2D eigenvalue weighted by Crippen LogP contribution is -2.40. The first-order valence-electron chi connectivity index (χ1n) is 8.89. The zero-order chi connectivity index (χ0) is 21.3. The quantitative estimate of drug-likeness (QED) is 0.468. The number of nitrogens with one attached hydrogen (secondary N) is 1. The van der Waals surface area contributed by atoms with Gasteiger partial charge in [0.1, 0.15) is 0 Å². The second-order valence-corrected chi connectivity index (χ2v) is 9.39. The number of sulfonamides is 1. The molecule has 1 amide bonds. The number of rotatable bonds is 5. The third kappa shape index (κ3) is 4.03. The molecule has 3 aromatic rings. The van der Waals surface area contributed by atoms with Crippen molar-refractivity contribution < 1.29 is 22.9 Å². The largest absolute Gasteiger partial charge is 0.379 e. The van der Waals surface area contributed by atoms with Gasteiger partial charge in [0.2, 0.25) is 10.0 Å². The van der Waals surface area contributed by atoms with Gasteiger partial charge in [0.05, 0.1) is 33.2 Å². The predicted molar refractivity (Wildman–Crippen MR) is 110 cm³/mol. The SMILES string of the molecule is O=C(Nc1nc2ccc(S(=O)(=O)N3CCOCC3)cc2s1)c1ccc([N+](=O)[O-])cc1. The fourth-order valence-corrected chi connectivity index (χ4v) is 5.37. The molecule has 0 spiro atoms. The van der Waals surface area contributed by atoms with Crippen molar-refractivity contribution in [3.8, 4) is 0 Å². The number of nitrogens with zero attached hydrogens (tertiary/aromatic N) is 3. The van der Waals surface area contributed by atoms with Crippen LogP contribution in [0.3, 0.4) is 0 Å². The Hall–Kier alpha value is -2.93. The Morgan fingerprint density at radius 3 is 2.53 bits per heavy atom. The molecular formula is C18H16N4O6S2. The highest BCUT2D eigenvalue weighted by molar-refractivity contribution is 7.89. The van der Waals surface area contributed by atoms with Crippen LogP contribution in [0.15, 0.2) is 47.4 Å². The topological polar surface area (TPSA) is 132 Å². The Morgan fingerprint density at radius 2 is 1.87 bits per heavy atom. The lowest BCUT2D eigenvalue weighted by atomic mass is 10.2. The normalized spacial score (nSPS) is 15.2. The van der Waals surface area contributed by atoms with Gasteiger partial charge in [-0.3, -0.25) is 20.2 Å². The number of benzene rings is 2. The van der Waals surface area contributed by atoms with Crippen molar-refractivity contribution >= 4 is 48.3 Å². The Bertz CT molecular complexity index is 1220. The van der Waals surface area contributed by atoms with E-state index in [1.807, 2.05) is 0 Å². The Labute approximate surface area is 175 Å². The molecule has 0 unspecified atom stereocenters. The number of hydrogen-bond acceptors (Lipinski definition) is 8. The van der Waals surface area contributed by atoms with Crippen LogP contribution in [-0.2, 0) is 14.8 Å². The number of nitro groups is 1. The summed E-state index contributed by atoms with van der Waals surface area (Å²) in [6, 6.07) is 9.84. The molecule has 1 N–H and O–H groups in total. The number of nitro benzene ring substituents is 1. The maximum atomic E-state index is 12.8. The van der Waals surface area contributed by atoms with Crippen molar-refractivity contribution in [3.63, 3.8) is 0 Å². The van der Waals surface area contributed by atoms with E-state index in [0.717, 1.165) is 11.3 Å². The number of carbonyl (C=O) groups excluding carboxylic acids is 1. The number of morpholine rings is 1. The van der Waals surface area contributed by atoms with Gasteiger partial charge in [-0.25, -0.2) is 13.4 Å². The van der Waals surface area contributed by atoms with Crippen molar-refractivity contribution in [2.75, 3.05) is 31.6 Å². The number of fused-ring (bicyclic) bond motifs is 1. The zero-order valence-electron chi connectivity index (χ0n) is 15.5. The van der Waals surface area contributed by atoms with Gasteiger partial charge in [-0.15, -0.1) is 0 Å². The number of non-ortho nitro benzene ring substituents is 1. The van der Waals surface area contributed by atoms with E-state index in [2.05, 4.69) is 10.3 Å². The van der Waals surface area contributed by atoms with E-state index in [9.17, 15) is 23.3 Å².